The van der Waals surface area contributed by atoms with Crippen LogP contribution in [0.5, 0.6) is 0 Å². The summed E-state index contributed by atoms with van der Waals surface area (Å²) in [7, 11) is 0. The first-order valence-electron chi connectivity index (χ1n) is 11.5. The van der Waals surface area contributed by atoms with Gasteiger partial charge in [-0.05, 0) is 58.5 Å². The number of hydrogen-bond donors (Lipinski definition) is 3. The number of amides is 3. The Morgan fingerprint density at radius 3 is 2.37 bits per heavy atom. The molecule has 1 saturated heterocycles. The Morgan fingerprint density at radius 2 is 1.66 bits per heavy atom. The molecule has 3 aromatic carbocycles. The predicted octanol–water partition coefficient (Wildman–Crippen LogP) is 4.41. The lowest BCUT2D eigenvalue weighted by Gasteiger charge is -2.33. The molecule has 0 unspecified atom stereocenters. The van der Waals surface area contributed by atoms with Gasteiger partial charge in [-0.3, -0.25) is 14.9 Å². The third-order valence-corrected chi connectivity index (χ3v) is 6.24. The number of urea groups is 1. The molecule has 2 heterocycles. The van der Waals surface area contributed by atoms with Gasteiger partial charge in [-0.25, -0.2) is 10.3 Å². The maximum atomic E-state index is 13.5. The van der Waals surface area contributed by atoms with Crippen LogP contribution in [0.2, 0.25) is 0 Å². The first-order chi connectivity index (χ1) is 17.1. The molecule has 0 radical (unpaired) electrons. The molecule has 0 spiro atoms. The van der Waals surface area contributed by atoms with E-state index in [9.17, 15) is 9.59 Å². The minimum atomic E-state index is -0.578. The molecule has 3 amide bonds. The van der Waals surface area contributed by atoms with Gasteiger partial charge in [0.2, 0.25) is 0 Å². The van der Waals surface area contributed by atoms with Gasteiger partial charge in [0.25, 0.3) is 5.91 Å². The number of aromatic nitrogens is 1. The highest BCUT2D eigenvalue weighted by Crippen LogP contribution is 2.27. The molecule has 1 fully saturated rings. The van der Waals surface area contributed by atoms with Gasteiger partial charge in [0, 0.05) is 36.1 Å². The number of carbonyl (C=O) groups excluding carboxylic acids is 2. The Bertz CT molecular complexity index is 1330. The fraction of sp³-hybridized carbons (Fsp3) is 0.185. The second kappa shape index (κ2) is 10.0. The monoisotopic (exact) mass is 470 g/mol. The zero-order valence-corrected chi connectivity index (χ0v) is 19.1. The van der Waals surface area contributed by atoms with Crippen LogP contribution in [0.3, 0.4) is 0 Å². The van der Waals surface area contributed by atoms with Crippen molar-refractivity contribution in [3.05, 3.63) is 90.1 Å². The van der Waals surface area contributed by atoms with Crippen molar-refractivity contribution in [3.8, 4) is 11.1 Å². The number of morpholine rings is 1. The normalized spacial score (nSPS) is 13.6. The molecule has 0 saturated carbocycles. The summed E-state index contributed by atoms with van der Waals surface area (Å²) in [6, 6.07) is 23.0. The Hall–Kier alpha value is -4.14. The van der Waals surface area contributed by atoms with Gasteiger partial charge in [-0.2, -0.15) is 0 Å². The van der Waals surface area contributed by atoms with Crippen LogP contribution in [-0.4, -0.2) is 53.3 Å². The van der Waals surface area contributed by atoms with Crippen molar-refractivity contribution < 1.29 is 19.5 Å². The minimum Gasteiger partial charge on any atom is -0.378 e. The maximum Gasteiger partial charge on any atom is 0.324 e. The summed E-state index contributed by atoms with van der Waals surface area (Å²) in [5.41, 5.74) is 6.84. The quantitative estimate of drug-likeness (QED) is 0.297. The number of anilines is 1. The van der Waals surface area contributed by atoms with Gasteiger partial charge in [0.1, 0.15) is 0 Å². The number of carbonyl (C=O) groups is 2. The molecule has 1 aromatic heterocycles. The molecule has 1 aliphatic heterocycles. The highest BCUT2D eigenvalue weighted by atomic mass is 16.5. The van der Waals surface area contributed by atoms with E-state index in [4.69, 9.17) is 9.94 Å². The summed E-state index contributed by atoms with van der Waals surface area (Å²) in [6.07, 6.45) is 1.93. The van der Waals surface area contributed by atoms with Crippen LogP contribution < -0.4 is 10.4 Å². The number of aromatic amines is 1. The minimum absolute atomic E-state index is 0.0916. The first kappa shape index (κ1) is 22.6. The highest BCUT2D eigenvalue weighted by Gasteiger charge is 2.24. The van der Waals surface area contributed by atoms with Gasteiger partial charge in [0.15, 0.2) is 0 Å². The van der Waals surface area contributed by atoms with Gasteiger partial charge in [0.05, 0.1) is 19.8 Å². The average molecular weight is 471 g/mol. The fourth-order valence-electron chi connectivity index (χ4n) is 4.26. The summed E-state index contributed by atoms with van der Waals surface area (Å²) in [4.78, 5) is 31.9. The number of fused-ring (bicyclic) bond motifs is 1. The molecule has 35 heavy (non-hydrogen) atoms. The lowest BCUT2D eigenvalue weighted by molar-refractivity contribution is 0.0548. The van der Waals surface area contributed by atoms with E-state index >= 15 is 0 Å². The predicted molar refractivity (Wildman–Crippen MR) is 133 cm³/mol. The van der Waals surface area contributed by atoms with Gasteiger partial charge >= 0.3 is 6.03 Å². The van der Waals surface area contributed by atoms with Crippen molar-refractivity contribution in [2.75, 3.05) is 31.2 Å². The zero-order valence-electron chi connectivity index (χ0n) is 19.1. The molecular formula is C27H26N4O4. The van der Waals surface area contributed by atoms with Crippen molar-refractivity contribution >= 4 is 28.5 Å². The van der Waals surface area contributed by atoms with E-state index in [1.807, 2.05) is 36.5 Å². The fourth-order valence-corrected chi connectivity index (χ4v) is 4.26. The number of hydroxylamine groups is 1. The lowest BCUT2D eigenvalue weighted by Crippen LogP contribution is -2.48. The molecule has 178 valence electrons. The number of nitrogens with zero attached hydrogens (tertiary/aromatic N) is 2. The highest BCUT2D eigenvalue weighted by molar-refractivity contribution is 5.94. The summed E-state index contributed by atoms with van der Waals surface area (Å²) in [5.74, 6) is -0.578. The maximum absolute atomic E-state index is 13.5. The molecule has 5 rings (SSSR count). The molecule has 0 bridgehead atoms. The lowest BCUT2D eigenvalue weighted by atomic mass is 10.0. The number of rotatable bonds is 5. The van der Waals surface area contributed by atoms with Crippen molar-refractivity contribution in [1.29, 1.82) is 0 Å². The summed E-state index contributed by atoms with van der Waals surface area (Å²) in [5, 5.41) is 10.0. The number of ether oxygens (including phenoxy) is 1. The molecule has 8 nitrogen and oxygen atoms in total. The largest absolute Gasteiger partial charge is 0.378 e. The number of benzene rings is 3. The van der Waals surface area contributed by atoms with Crippen LogP contribution >= 0.6 is 0 Å². The summed E-state index contributed by atoms with van der Waals surface area (Å²) >= 11 is 0. The summed E-state index contributed by atoms with van der Waals surface area (Å²) < 4.78 is 5.42. The Kier molecular flexibility index (Phi) is 6.47. The van der Waals surface area contributed by atoms with Crippen molar-refractivity contribution in [2.45, 2.75) is 6.54 Å². The second-order valence-corrected chi connectivity index (χ2v) is 8.43. The number of hydrogen-bond acceptors (Lipinski definition) is 4. The second-order valence-electron chi connectivity index (χ2n) is 8.43. The van der Waals surface area contributed by atoms with Crippen molar-refractivity contribution in [3.63, 3.8) is 0 Å². The van der Waals surface area contributed by atoms with Crippen LogP contribution in [0, 0.1) is 0 Å². The topological polar surface area (TPSA) is 97.9 Å². The third-order valence-electron chi connectivity index (χ3n) is 6.24. The van der Waals surface area contributed by atoms with E-state index in [0.717, 1.165) is 33.3 Å². The van der Waals surface area contributed by atoms with Crippen LogP contribution in [0.1, 0.15) is 15.9 Å². The van der Waals surface area contributed by atoms with E-state index in [1.54, 1.807) is 39.5 Å². The Balaban J connectivity index is 1.42. The Morgan fingerprint density at radius 1 is 0.943 bits per heavy atom. The summed E-state index contributed by atoms with van der Waals surface area (Å²) in [6.45, 7) is 2.46. The van der Waals surface area contributed by atoms with E-state index in [0.29, 0.717) is 38.4 Å². The molecule has 1 aliphatic rings. The third kappa shape index (κ3) is 4.89. The molecule has 8 heteroatoms. The van der Waals surface area contributed by atoms with Gasteiger partial charge < -0.3 is 14.6 Å². The van der Waals surface area contributed by atoms with Crippen LogP contribution in [0.4, 0.5) is 10.5 Å². The van der Waals surface area contributed by atoms with Crippen molar-refractivity contribution in [2.24, 2.45) is 0 Å². The Labute approximate surface area is 202 Å². The SMILES string of the molecule is O=C(NO)c1ccc(CN(C(=O)N2CCOCC2)c2ccc(-c3ccc4cc[nH]c4c3)cc2)cc1. The number of nitrogens with one attached hydrogen (secondary N) is 2. The zero-order chi connectivity index (χ0) is 24.2. The van der Waals surface area contributed by atoms with E-state index < -0.39 is 5.91 Å². The smallest absolute Gasteiger partial charge is 0.324 e. The van der Waals surface area contributed by atoms with Gasteiger partial charge in [-0.15, -0.1) is 0 Å². The number of H-pyrrole nitrogens is 1. The first-order valence-corrected chi connectivity index (χ1v) is 11.5. The molecule has 4 aromatic rings. The standard InChI is InChI=1S/C27H26N4O4/c32-26(29-34)22-3-1-19(2-4-22)18-31(27(33)30-13-15-35-16-14-30)24-9-7-20(8-10-24)23-6-5-21-11-12-28-25(21)17-23/h1-12,17,28,34H,13-16,18H2,(H,29,32). The van der Waals surface area contributed by atoms with E-state index in [2.05, 4.69) is 23.2 Å². The van der Waals surface area contributed by atoms with Crippen LogP contribution in [-0.2, 0) is 11.3 Å². The van der Waals surface area contributed by atoms with Crippen LogP contribution in [0.15, 0.2) is 79.0 Å². The molecular weight excluding hydrogens is 444 g/mol. The molecule has 0 atom stereocenters. The molecule has 3 N–H and O–H groups in total. The van der Waals surface area contributed by atoms with E-state index in [1.165, 1.54) is 0 Å². The average Bonchev–Trinajstić information content (AvgIpc) is 3.40. The van der Waals surface area contributed by atoms with Gasteiger partial charge in [-0.1, -0.05) is 36.4 Å². The van der Waals surface area contributed by atoms with E-state index in [-0.39, 0.29) is 6.03 Å². The van der Waals surface area contributed by atoms with Crippen LogP contribution in [0.25, 0.3) is 22.0 Å². The molecule has 0 aliphatic carbocycles. The van der Waals surface area contributed by atoms with Crippen molar-refractivity contribution in [1.82, 2.24) is 15.4 Å².